The molecule has 0 bridgehead atoms. The predicted molar refractivity (Wildman–Crippen MR) is 128 cm³/mol. The van der Waals surface area contributed by atoms with E-state index in [1.54, 1.807) is 35.6 Å². The van der Waals surface area contributed by atoms with Gasteiger partial charge >= 0.3 is 5.97 Å². The van der Waals surface area contributed by atoms with Crippen molar-refractivity contribution in [2.75, 3.05) is 25.0 Å². The normalized spacial score (nSPS) is 14.0. The van der Waals surface area contributed by atoms with Crippen LogP contribution in [-0.2, 0) is 9.53 Å². The molecule has 1 aliphatic heterocycles. The van der Waals surface area contributed by atoms with E-state index in [0.29, 0.717) is 49.4 Å². The zero-order valence-corrected chi connectivity index (χ0v) is 19.4. The molecule has 8 heteroatoms. The molecule has 1 aliphatic rings. The van der Waals surface area contributed by atoms with Gasteiger partial charge in [0, 0.05) is 30.3 Å². The summed E-state index contributed by atoms with van der Waals surface area (Å²) in [6, 6.07) is 16.5. The Labute approximate surface area is 198 Å². The highest BCUT2D eigenvalue weighted by atomic mass is 16.5. The van der Waals surface area contributed by atoms with E-state index < -0.39 is 5.97 Å². The van der Waals surface area contributed by atoms with E-state index in [1.807, 2.05) is 42.5 Å². The number of rotatable bonds is 6. The zero-order chi connectivity index (χ0) is 24.1. The van der Waals surface area contributed by atoms with Crippen molar-refractivity contribution in [2.24, 2.45) is 5.92 Å². The summed E-state index contributed by atoms with van der Waals surface area (Å²) in [4.78, 5) is 39.4. The number of amides is 2. The SMILES string of the molecule is CCOC(=O)c1cnn(-c2ccc(C(=O)N3CCC(C(=O)Nc4ccccc4)CC3)cc2)c1C. The molecule has 0 atom stereocenters. The summed E-state index contributed by atoms with van der Waals surface area (Å²) in [7, 11) is 0. The van der Waals surface area contributed by atoms with E-state index in [9.17, 15) is 14.4 Å². The maximum absolute atomic E-state index is 13.0. The molecule has 176 valence electrons. The number of hydrogen-bond acceptors (Lipinski definition) is 5. The molecule has 1 aromatic heterocycles. The molecule has 0 unspecified atom stereocenters. The number of aromatic nitrogens is 2. The number of likely N-dealkylation sites (tertiary alicyclic amines) is 1. The molecule has 0 spiro atoms. The second-order valence-electron chi connectivity index (χ2n) is 8.24. The topological polar surface area (TPSA) is 93.5 Å². The van der Waals surface area contributed by atoms with Crippen molar-refractivity contribution in [3.63, 3.8) is 0 Å². The molecular weight excluding hydrogens is 432 g/mol. The smallest absolute Gasteiger partial charge is 0.341 e. The minimum Gasteiger partial charge on any atom is -0.462 e. The van der Waals surface area contributed by atoms with Gasteiger partial charge in [-0.25, -0.2) is 9.48 Å². The number of carbonyl (C=O) groups excluding carboxylic acids is 3. The molecular formula is C26H28N4O4. The minimum absolute atomic E-state index is 0.000526. The zero-order valence-electron chi connectivity index (χ0n) is 19.4. The van der Waals surface area contributed by atoms with Crippen molar-refractivity contribution in [1.82, 2.24) is 14.7 Å². The van der Waals surface area contributed by atoms with Crippen molar-refractivity contribution in [3.05, 3.63) is 77.6 Å². The maximum atomic E-state index is 13.0. The Morgan fingerprint density at radius 3 is 2.35 bits per heavy atom. The van der Waals surface area contributed by atoms with E-state index >= 15 is 0 Å². The fraction of sp³-hybridized carbons (Fsp3) is 0.308. The first-order valence-corrected chi connectivity index (χ1v) is 11.4. The first kappa shape index (κ1) is 23.2. The third kappa shape index (κ3) is 5.01. The van der Waals surface area contributed by atoms with Gasteiger partial charge in [-0.2, -0.15) is 5.10 Å². The lowest BCUT2D eigenvalue weighted by molar-refractivity contribution is -0.121. The number of ether oxygens (including phenoxy) is 1. The quantitative estimate of drug-likeness (QED) is 0.564. The van der Waals surface area contributed by atoms with Crippen molar-refractivity contribution < 1.29 is 19.1 Å². The molecule has 2 aromatic carbocycles. The van der Waals surface area contributed by atoms with Gasteiger partial charge in [-0.05, 0) is 63.1 Å². The van der Waals surface area contributed by atoms with Gasteiger partial charge in [0.05, 0.1) is 24.2 Å². The molecule has 1 N–H and O–H groups in total. The van der Waals surface area contributed by atoms with Crippen LogP contribution < -0.4 is 5.32 Å². The van der Waals surface area contributed by atoms with E-state index in [2.05, 4.69) is 10.4 Å². The second kappa shape index (κ2) is 10.3. The van der Waals surface area contributed by atoms with Crippen molar-refractivity contribution in [2.45, 2.75) is 26.7 Å². The summed E-state index contributed by atoms with van der Waals surface area (Å²) in [6.45, 7) is 4.93. The van der Waals surface area contributed by atoms with Crippen LogP contribution in [0.15, 0.2) is 60.8 Å². The fourth-order valence-electron chi connectivity index (χ4n) is 4.12. The highest BCUT2D eigenvalue weighted by molar-refractivity contribution is 5.95. The van der Waals surface area contributed by atoms with E-state index in [4.69, 9.17) is 4.74 Å². The van der Waals surface area contributed by atoms with Crippen molar-refractivity contribution >= 4 is 23.5 Å². The predicted octanol–water partition coefficient (Wildman–Crippen LogP) is 3.85. The number of piperidine rings is 1. The number of hydrogen-bond donors (Lipinski definition) is 1. The highest BCUT2D eigenvalue weighted by Crippen LogP contribution is 2.22. The Bertz CT molecular complexity index is 1160. The summed E-state index contributed by atoms with van der Waals surface area (Å²) >= 11 is 0. The van der Waals surface area contributed by atoms with Crippen LogP contribution in [0.4, 0.5) is 5.69 Å². The van der Waals surface area contributed by atoms with Crippen LogP contribution in [-0.4, -0.2) is 52.2 Å². The summed E-state index contributed by atoms with van der Waals surface area (Å²) in [5.74, 6) is -0.570. The Morgan fingerprint density at radius 2 is 1.71 bits per heavy atom. The molecule has 1 fully saturated rings. The Kier molecular flexibility index (Phi) is 7.06. The number of nitrogens with zero attached hydrogens (tertiary/aromatic N) is 3. The molecule has 0 aliphatic carbocycles. The minimum atomic E-state index is -0.404. The number of carbonyl (C=O) groups is 3. The first-order valence-electron chi connectivity index (χ1n) is 11.4. The van der Waals surface area contributed by atoms with Crippen LogP contribution in [0, 0.1) is 12.8 Å². The van der Waals surface area contributed by atoms with Crippen molar-refractivity contribution in [1.29, 1.82) is 0 Å². The molecule has 34 heavy (non-hydrogen) atoms. The number of anilines is 1. The second-order valence-corrected chi connectivity index (χ2v) is 8.24. The molecule has 0 saturated carbocycles. The lowest BCUT2D eigenvalue weighted by atomic mass is 9.95. The molecule has 4 rings (SSSR count). The van der Waals surface area contributed by atoms with Gasteiger partial charge in [0.25, 0.3) is 5.91 Å². The van der Waals surface area contributed by atoms with Crippen LogP contribution in [0.5, 0.6) is 0 Å². The third-order valence-electron chi connectivity index (χ3n) is 6.06. The number of benzene rings is 2. The molecule has 0 radical (unpaired) electrons. The van der Waals surface area contributed by atoms with Crippen LogP contribution >= 0.6 is 0 Å². The van der Waals surface area contributed by atoms with E-state index in [0.717, 1.165) is 11.4 Å². The average Bonchev–Trinajstić information content (AvgIpc) is 3.26. The van der Waals surface area contributed by atoms with Gasteiger partial charge in [-0.3, -0.25) is 9.59 Å². The third-order valence-corrected chi connectivity index (χ3v) is 6.06. The number of esters is 1. The number of para-hydroxylation sites is 1. The van der Waals surface area contributed by atoms with Gasteiger partial charge in [-0.1, -0.05) is 18.2 Å². The van der Waals surface area contributed by atoms with Gasteiger partial charge in [0.2, 0.25) is 5.91 Å². The van der Waals surface area contributed by atoms with Gasteiger partial charge in [-0.15, -0.1) is 0 Å². The van der Waals surface area contributed by atoms with Crippen LogP contribution in [0.25, 0.3) is 5.69 Å². The lowest BCUT2D eigenvalue weighted by Crippen LogP contribution is -2.41. The van der Waals surface area contributed by atoms with E-state index in [1.165, 1.54) is 6.20 Å². The molecule has 8 nitrogen and oxygen atoms in total. The molecule has 3 aromatic rings. The van der Waals surface area contributed by atoms with E-state index in [-0.39, 0.29) is 17.7 Å². The fourth-order valence-corrected chi connectivity index (χ4v) is 4.12. The Balaban J connectivity index is 1.36. The summed E-state index contributed by atoms with van der Waals surface area (Å²) < 4.78 is 6.71. The van der Waals surface area contributed by atoms with Gasteiger partial charge < -0.3 is 15.0 Å². The molecule has 2 heterocycles. The van der Waals surface area contributed by atoms with Gasteiger partial charge in [0.1, 0.15) is 5.56 Å². The largest absolute Gasteiger partial charge is 0.462 e. The lowest BCUT2D eigenvalue weighted by Gasteiger charge is -2.31. The van der Waals surface area contributed by atoms with Gasteiger partial charge in [0.15, 0.2) is 0 Å². The standard InChI is InChI=1S/C26H28N4O4/c1-3-34-26(33)23-17-27-30(18(23)2)22-11-9-20(10-12-22)25(32)29-15-13-19(14-16-29)24(31)28-21-7-5-4-6-8-21/h4-12,17,19H,3,13-16H2,1-2H3,(H,28,31). The molecule has 2 amide bonds. The summed E-state index contributed by atoms with van der Waals surface area (Å²) in [5.41, 5.74) is 3.20. The van der Waals surface area contributed by atoms with Crippen LogP contribution in [0.3, 0.4) is 0 Å². The highest BCUT2D eigenvalue weighted by Gasteiger charge is 2.28. The van der Waals surface area contributed by atoms with Crippen LogP contribution in [0.2, 0.25) is 0 Å². The first-order chi connectivity index (χ1) is 16.5. The monoisotopic (exact) mass is 460 g/mol. The average molecular weight is 461 g/mol. The van der Waals surface area contributed by atoms with Crippen molar-refractivity contribution in [3.8, 4) is 5.69 Å². The summed E-state index contributed by atoms with van der Waals surface area (Å²) in [6.07, 6.45) is 2.75. The maximum Gasteiger partial charge on any atom is 0.341 e. The number of nitrogens with one attached hydrogen (secondary N) is 1. The Hall–Kier alpha value is -3.94. The summed E-state index contributed by atoms with van der Waals surface area (Å²) in [5, 5.41) is 7.24. The Morgan fingerprint density at radius 1 is 1.03 bits per heavy atom. The molecule has 1 saturated heterocycles. The van der Waals surface area contributed by atoms with Crippen LogP contribution in [0.1, 0.15) is 46.2 Å².